The van der Waals surface area contributed by atoms with Crippen molar-refractivity contribution in [3.05, 3.63) is 23.3 Å². The first-order valence-corrected chi connectivity index (χ1v) is 13.5. The third-order valence-corrected chi connectivity index (χ3v) is 11.5. The van der Waals surface area contributed by atoms with Gasteiger partial charge in [0.1, 0.15) is 5.78 Å². The van der Waals surface area contributed by atoms with Crippen LogP contribution in [-0.4, -0.2) is 28.2 Å². The van der Waals surface area contributed by atoms with Gasteiger partial charge in [0.05, 0.1) is 12.2 Å². The summed E-state index contributed by atoms with van der Waals surface area (Å²) in [4.78, 5) is 12.8. The first kappa shape index (κ1) is 25.2. The summed E-state index contributed by atoms with van der Waals surface area (Å²) in [6.07, 6.45) is 14.3. The Bertz CT molecular complexity index is 864. The maximum atomic E-state index is 12.8. The molecule has 33 heavy (non-hydrogen) atoms. The number of aliphatic hydroxyl groups excluding tert-OH is 1. The lowest BCUT2D eigenvalue weighted by atomic mass is 9.44. The highest BCUT2D eigenvalue weighted by molar-refractivity contribution is 5.86. The molecule has 2 N–H and O–H groups in total. The third kappa shape index (κ3) is 3.63. The van der Waals surface area contributed by atoms with Crippen molar-refractivity contribution < 1.29 is 15.0 Å². The lowest BCUT2D eigenvalue weighted by Crippen LogP contribution is -2.53. The summed E-state index contributed by atoms with van der Waals surface area (Å²) in [5.74, 6) is 2.14. The number of carbonyl (C=O) groups excluding carboxylic acids is 1. The number of ketones is 1. The van der Waals surface area contributed by atoms with Gasteiger partial charge in [-0.25, -0.2) is 0 Å². The number of fused-ring (bicyclic) bond motifs is 5. The molecular formula is C30H48O3. The zero-order chi connectivity index (χ0) is 24.4. The predicted octanol–water partition coefficient (Wildman–Crippen LogP) is 6.63. The zero-order valence-electron chi connectivity index (χ0n) is 22.3. The summed E-state index contributed by atoms with van der Waals surface area (Å²) in [6, 6.07) is 0. The Morgan fingerprint density at radius 2 is 1.82 bits per heavy atom. The lowest BCUT2D eigenvalue weighted by Gasteiger charge is -2.59. The van der Waals surface area contributed by atoms with Crippen LogP contribution in [0.1, 0.15) is 106 Å². The molecule has 0 spiro atoms. The number of hydrogen-bond acceptors (Lipinski definition) is 3. The molecule has 2 fully saturated rings. The summed E-state index contributed by atoms with van der Waals surface area (Å²) in [5, 5.41) is 19.6. The fraction of sp³-hybridized carbons (Fsp3) is 0.833. The van der Waals surface area contributed by atoms with Gasteiger partial charge in [0.2, 0.25) is 0 Å². The van der Waals surface area contributed by atoms with Gasteiger partial charge in [0.25, 0.3) is 0 Å². The number of allylic oxidation sites excluding steroid dienone is 4. The van der Waals surface area contributed by atoms with Crippen LogP contribution in [0.25, 0.3) is 0 Å². The molecule has 186 valence electrons. The molecule has 3 heteroatoms. The SMILES string of the molecule is C[C@H](CCC[C@@](C)(O)CO)[C@H]1CC[C@@]2(C)C3=CC[C@H]4C(C)(C)C(=O)CC[C@]4(C)C3=CC[C@]12C. The smallest absolute Gasteiger partial charge is 0.138 e. The number of aliphatic hydroxyl groups is 2. The van der Waals surface area contributed by atoms with Crippen molar-refractivity contribution >= 4 is 5.78 Å². The first-order valence-electron chi connectivity index (χ1n) is 13.5. The van der Waals surface area contributed by atoms with E-state index in [9.17, 15) is 15.0 Å². The van der Waals surface area contributed by atoms with Crippen LogP contribution in [0.2, 0.25) is 0 Å². The van der Waals surface area contributed by atoms with Crippen LogP contribution in [0.4, 0.5) is 0 Å². The fourth-order valence-electron chi connectivity index (χ4n) is 8.84. The van der Waals surface area contributed by atoms with Gasteiger partial charge >= 0.3 is 0 Å². The molecule has 0 radical (unpaired) electrons. The second-order valence-corrected chi connectivity index (χ2v) is 13.7. The van der Waals surface area contributed by atoms with E-state index in [1.165, 1.54) is 12.8 Å². The van der Waals surface area contributed by atoms with E-state index in [4.69, 9.17) is 0 Å². The maximum Gasteiger partial charge on any atom is 0.138 e. The minimum Gasteiger partial charge on any atom is -0.393 e. The zero-order valence-corrected chi connectivity index (χ0v) is 22.3. The van der Waals surface area contributed by atoms with Gasteiger partial charge in [-0.15, -0.1) is 0 Å². The van der Waals surface area contributed by atoms with E-state index in [1.54, 1.807) is 18.1 Å². The molecule has 0 aliphatic heterocycles. The van der Waals surface area contributed by atoms with E-state index >= 15 is 0 Å². The molecule has 4 aliphatic carbocycles. The third-order valence-electron chi connectivity index (χ3n) is 11.5. The largest absolute Gasteiger partial charge is 0.393 e. The monoisotopic (exact) mass is 456 g/mol. The van der Waals surface area contributed by atoms with Gasteiger partial charge in [0.15, 0.2) is 0 Å². The van der Waals surface area contributed by atoms with E-state index in [-0.39, 0.29) is 28.3 Å². The van der Waals surface area contributed by atoms with Crippen molar-refractivity contribution in [3.8, 4) is 0 Å². The molecule has 0 bridgehead atoms. The molecule has 3 nitrogen and oxygen atoms in total. The maximum absolute atomic E-state index is 12.8. The standard InChI is InChI=1S/C30H48O3/c1-20(9-8-15-27(4,33)19-31)21-12-17-30(7)23-10-11-24-26(2,3)25(32)14-16-28(24,5)22(23)13-18-29(21,30)6/h10,13,20-21,24,31,33H,8-9,11-12,14-19H2,1-7H3/t20-,21-,24+,27-,28-,29-,30+/m1/s1. The average Bonchev–Trinajstić information content (AvgIpc) is 3.02. The van der Waals surface area contributed by atoms with Crippen molar-refractivity contribution in [1.29, 1.82) is 0 Å². The highest BCUT2D eigenvalue weighted by Gasteiger charge is 2.63. The molecule has 4 rings (SSSR count). The molecule has 2 saturated carbocycles. The molecule has 0 amide bonds. The van der Waals surface area contributed by atoms with E-state index in [2.05, 4.69) is 53.7 Å². The van der Waals surface area contributed by atoms with Gasteiger partial charge in [-0.05, 0) is 90.6 Å². The molecule has 0 unspecified atom stereocenters. The van der Waals surface area contributed by atoms with Crippen LogP contribution in [-0.2, 0) is 4.79 Å². The van der Waals surface area contributed by atoms with Crippen molar-refractivity contribution in [3.63, 3.8) is 0 Å². The minimum absolute atomic E-state index is 0.116. The summed E-state index contributed by atoms with van der Waals surface area (Å²) >= 11 is 0. The number of rotatable bonds is 6. The normalized spacial score (nSPS) is 42.4. The molecule has 4 aliphatic rings. The summed E-state index contributed by atoms with van der Waals surface area (Å²) in [6.45, 7) is 15.9. The average molecular weight is 457 g/mol. The highest BCUT2D eigenvalue weighted by Crippen LogP contribution is 2.71. The van der Waals surface area contributed by atoms with Gasteiger partial charge < -0.3 is 10.2 Å². The Morgan fingerprint density at radius 1 is 1.12 bits per heavy atom. The molecular weight excluding hydrogens is 408 g/mol. The fourth-order valence-corrected chi connectivity index (χ4v) is 8.84. The quantitative estimate of drug-likeness (QED) is 0.471. The van der Waals surface area contributed by atoms with Crippen LogP contribution < -0.4 is 0 Å². The Kier molecular flexibility index (Phi) is 6.14. The van der Waals surface area contributed by atoms with Crippen LogP contribution in [0.5, 0.6) is 0 Å². The van der Waals surface area contributed by atoms with Crippen molar-refractivity contribution in [1.82, 2.24) is 0 Å². The Labute approximate surface area is 202 Å². The summed E-state index contributed by atoms with van der Waals surface area (Å²) < 4.78 is 0. The van der Waals surface area contributed by atoms with Gasteiger partial charge in [-0.1, -0.05) is 66.5 Å². The van der Waals surface area contributed by atoms with Gasteiger partial charge in [0, 0.05) is 11.8 Å². The van der Waals surface area contributed by atoms with E-state index in [0.717, 1.165) is 38.5 Å². The number of hydrogen-bond donors (Lipinski definition) is 2. The first-order chi connectivity index (χ1) is 15.2. The van der Waals surface area contributed by atoms with E-state index in [1.807, 2.05) is 0 Å². The van der Waals surface area contributed by atoms with E-state index < -0.39 is 5.60 Å². The van der Waals surface area contributed by atoms with Crippen LogP contribution in [0, 0.1) is 39.4 Å². The molecule has 0 aromatic carbocycles. The van der Waals surface area contributed by atoms with Crippen LogP contribution in [0.3, 0.4) is 0 Å². The van der Waals surface area contributed by atoms with Crippen LogP contribution in [0.15, 0.2) is 23.3 Å². The number of Topliss-reactive ketones (excluding diaryl/α,β-unsaturated/α-hetero) is 1. The van der Waals surface area contributed by atoms with Crippen molar-refractivity contribution in [2.24, 2.45) is 39.4 Å². The molecule has 7 atom stereocenters. The summed E-state index contributed by atoms with van der Waals surface area (Å²) in [5.41, 5.74) is 2.57. The Morgan fingerprint density at radius 3 is 2.48 bits per heavy atom. The lowest BCUT2D eigenvalue weighted by molar-refractivity contribution is -0.138. The second kappa shape index (κ2) is 8.05. The van der Waals surface area contributed by atoms with E-state index in [0.29, 0.717) is 30.0 Å². The van der Waals surface area contributed by atoms with Crippen molar-refractivity contribution in [2.45, 2.75) is 112 Å². The topological polar surface area (TPSA) is 57.5 Å². The second-order valence-electron chi connectivity index (χ2n) is 13.7. The highest BCUT2D eigenvalue weighted by atomic mass is 16.3. The Hall–Kier alpha value is -0.930. The molecule has 0 aromatic heterocycles. The summed E-state index contributed by atoms with van der Waals surface area (Å²) in [7, 11) is 0. The minimum atomic E-state index is -0.954. The van der Waals surface area contributed by atoms with Crippen LogP contribution >= 0.6 is 0 Å². The molecule has 0 saturated heterocycles. The number of carbonyl (C=O) groups is 1. The Balaban J connectivity index is 1.59. The molecule has 0 aromatic rings. The van der Waals surface area contributed by atoms with Gasteiger partial charge in [-0.3, -0.25) is 4.79 Å². The predicted molar refractivity (Wildman–Crippen MR) is 135 cm³/mol. The van der Waals surface area contributed by atoms with Crippen molar-refractivity contribution in [2.75, 3.05) is 6.61 Å². The molecule has 0 heterocycles. The van der Waals surface area contributed by atoms with Gasteiger partial charge in [-0.2, -0.15) is 0 Å².